The van der Waals surface area contributed by atoms with Crippen LogP contribution in [-0.4, -0.2) is 24.0 Å². The highest BCUT2D eigenvalue weighted by atomic mass is 15.3. The molecular weight excluding hydrogens is 100 g/mol. The first kappa shape index (κ1) is 4.39. The lowest BCUT2D eigenvalue weighted by molar-refractivity contribution is 0.525. The van der Waals surface area contributed by atoms with Gasteiger partial charge in [0.2, 0.25) is 0 Å². The number of fused-ring (bicyclic) bond motifs is 1. The van der Waals surface area contributed by atoms with Crippen LogP contribution in [0.1, 0.15) is 6.42 Å². The second-order valence-electron chi connectivity index (χ2n) is 2.60. The van der Waals surface area contributed by atoms with Gasteiger partial charge in [0.05, 0.1) is 0 Å². The highest BCUT2D eigenvalue weighted by Crippen LogP contribution is 2.25. The summed E-state index contributed by atoms with van der Waals surface area (Å²) in [7, 11) is 0. The van der Waals surface area contributed by atoms with Crippen molar-refractivity contribution in [2.75, 3.05) is 13.1 Å². The summed E-state index contributed by atoms with van der Waals surface area (Å²) in [5, 5.41) is 0. The zero-order chi connectivity index (χ0) is 5.56. The van der Waals surface area contributed by atoms with E-state index in [4.69, 9.17) is 5.73 Å². The van der Waals surface area contributed by atoms with Crippen molar-refractivity contribution in [2.45, 2.75) is 12.5 Å². The van der Waals surface area contributed by atoms with Crippen molar-refractivity contribution in [3.05, 3.63) is 11.8 Å². The molecule has 2 heteroatoms. The lowest BCUT2D eigenvalue weighted by Crippen LogP contribution is -2.16. The summed E-state index contributed by atoms with van der Waals surface area (Å²) in [5.41, 5.74) is 6.63. The van der Waals surface area contributed by atoms with Crippen LogP contribution in [0, 0.1) is 0 Å². The highest BCUT2D eigenvalue weighted by molar-refractivity contribution is 5.12. The molecule has 2 unspecified atom stereocenters. The van der Waals surface area contributed by atoms with Crippen molar-refractivity contribution in [1.82, 2.24) is 4.90 Å². The Morgan fingerprint density at radius 2 is 2.62 bits per heavy atom. The third-order valence-corrected chi connectivity index (χ3v) is 1.87. The molecule has 1 fully saturated rings. The number of nitrogens with two attached hydrogens (primary N) is 1. The Hall–Kier alpha value is -0.500. The fraction of sp³-hybridized carbons (Fsp3) is 0.667. The van der Waals surface area contributed by atoms with Crippen LogP contribution in [0.3, 0.4) is 0 Å². The molecule has 2 nitrogen and oxygen atoms in total. The van der Waals surface area contributed by atoms with Gasteiger partial charge in [-0.05, 0) is 6.42 Å². The van der Waals surface area contributed by atoms with E-state index >= 15 is 0 Å². The summed E-state index contributed by atoms with van der Waals surface area (Å²) in [6, 6.07) is 0.863. The van der Waals surface area contributed by atoms with Crippen molar-refractivity contribution >= 4 is 0 Å². The van der Waals surface area contributed by atoms with Crippen molar-refractivity contribution in [2.24, 2.45) is 5.73 Å². The monoisotopic (exact) mass is 110 g/mol. The summed E-state index contributed by atoms with van der Waals surface area (Å²) in [4.78, 5) is 2.38. The average molecular weight is 110 g/mol. The van der Waals surface area contributed by atoms with Crippen molar-refractivity contribution in [3.63, 3.8) is 0 Å². The first-order valence-electron chi connectivity index (χ1n) is 3.05. The Bertz CT molecular complexity index is 139. The Kier molecular flexibility index (Phi) is 0.690. The molecule has 8 heavy (non-hydrogen) atoms. The average Bonchev–Trinajstić information content (AvgIpc) is 2.43. The fourth-order valence-electron chi connectivity index (χ4n) is 1.23. The second kappa shape index (κ2) is 1.26. The minimum Gasteiger partial charge on any atom is -0.401 e. The van der Waals surface area contributed by atoms with Crippen LogP contribution in [0.2, 0.25) is 0 Å². The predicted molar refractivity (Wildman–Crippen MR) is 32.2 cm³/mol. The van der Waals surface area contributed by atoms with Crippen LogP contribution in [0.4, 0.5) is 0 Å². The van der Waals surface area contributed by atoms with Crippen LogP contribution in [0.5, 0.6) is 0 Å². The lowest BCUT2D eigenvalue weighted by atomic mass is 10.2. The molecule has 0 radical (unpaired) electrons. The Balaban J connectivity index is 2.10. The second-order valence-corrected chi connectivity index (χ2v) is 2.60. The molecule has 0 aromatic heterocycles. The maximum absolute atomic E-state index is 5.57. The van der Waals surface area contributed by atoms with Gasteiger partial charge in [0.25, 0.3) is 0 Å². The molecule has 0 aromatic carbocycles. The summed E-state index contributed by atoms with van der Waals surface area (Å²) >= 11 is 0. The molecular formula is C6H10N2. The molecule has 0 saturated carbocycles. The highest BCUT2D eigenvalue weighted by Gasteiger charge is 2.35. The zero-order valence-electron chi connectivity index (χ0n) is 4.80. The van der Waals surface area contributed by atoms with E-state index in [1.54, 1.807) is 0 Å². The number of nitrogens with zero attached hydrogens (tertiary/aromatic N) is 1. The normalized spacial score (nSPS) is 42.8. The molecule has 1 saturated heterocycles. The van der Waals surface area contributed by atoms with Gasteiger partial charge in [-0.3, -0.25) is 4.90 Å². The van der Waals surface area contributed by atoms with E-state index in [0.717, 1.165) is 18.3 Å². The molecule has 2 heterocycles. The topological polar surface area (TPSA) is 29.0 Å². The number of hydrogen-bond donors (Lipinski definition) is 1. The Morgan fingerprint density at radius 1 is 1.75 bits per heavy atom. The largest absolute Gasteiger partial charge is 0.401 e. The van der Waals surface area contributed by atoms with Gasteiger partial charge in [0, 0.05) is 24.8 Å². The summed E-state index contributed by atoms with van der Waals surface area (Å²) < 4.78 is 0. The summed E-state index contributed by atoms with van der Waals surface area (Å²) in [5.74, 6) is 0. The summed E-state index contributed by atoms with van der Waals surface area (Å²) in [6.45, 7) is 2.29. The van der Waals surface area contributed by atoms with Gasteiger partial charge >= 0.3 is 0 Å². The van der Waals surface area contributed by atoms with E-state index < -0.39 is 0 Å². The van der Waals surface area contributed by atoms with Crippen molar-refractivity contribution < 1.29 is 0 Å². The molecule has 2 aliphatic rings. The lowest BCUT2D eigenvalue weighted by Gasteiger charge is -2.07. The minimum absolute atomic E-state index is 0.863. The third kappa shape index (κ3) is 0.530. The van der Waals surface area contributed by atoms with Crippen molar-refractivity contribution in [1.29, 1.82) is 0 Å². The maximum Gasteiger partial charge on any atom is 0.0380 e. The van der Waals surface area contributed by atoms with E-state index in [0.29, 0.717) is 0 Å². The van der Waals surface area contributed by atoms with Gasteiger partial charge in [-0.1, -0.05) is 6.08 Å². The molecule has 44 valence electrons. The molecule has 2 N–H and O–H groups in total. The van der Waals surface area contributed by atoms with Crippen LogP contribution < -0.4 is 5.73 Å². The number of hydrogen-bond acceptors (Lipinski definition) is 2. The molecule has 0 aromatic rings. The fourth-order valence-corrected chi connectivity index (χ4v) is 1.23. The summed E-state index contributed by atoms with van der Waals surface area (Å²) in [6.07, 6.45) is 3.33. The molecule has 2 atom stereocenters. The van der Waals surface area contributed by atoms with E-state index in [-0.39, 0.29) is 0 Å². The van der Waals surface area contributed by atoms with E-state index in [1.807, 2.05) is 0 Å². The first-order valence-corrected chi connectivity index (χ1v) is 3.05. The van der Waals surface area contributed by atoms with Gasteiger partial charge in [0.1, 0.15) is 0 Å². The van der Waals surface area contributed by atoms with E-state index in [9.17, 15) is 0 Å². The van der Waals surface area contributed by atoms with Crippen LogP contribution >= 0.6 is 0 Å². The molecule has 0 bridgehead atoms. The van der Waals surface area contributed by atoms with Crippen LogP contribution in [-0.2, 0) is 0 Å². The van der Waals surface area contributed by atoms with Gasteiger partial charge < -0.3 is 5.73 Å². The quantitative estimate of drug-likeness (QED) is 0.442. The minimum atomic E-state index is 0.863. The molecule has 0 aliphatic carbocycles. The number of rotatable bonds is 0. The van der Waals surface area contributed by atoms with Gasteiger partial charge in [-0.15, -0.1) is 0 Å². The van der Waals surface area contributed by atoms with Crippen LogP contribution in [0.25, 0.3) is 0 Å². The smallest absolute Gasteiger partial charge is 0.0380 e. The van der Waals surface area contributed by atoms with Gasteiger partial charge in [-0.25, -0.2) is 0 Å². The SMILES string of the molecule is NC1=CCC2CN2C1. The van der Waals surface area contributed by atoms with E-state index in [1.165, 1.54) is 13.0 Å². The van der Waals surface area contributed by atoms with E-state index in [2.05, 4.69) is 11.0 Å². The zero-order valence-corrected chi connectivity index (χ0v) is 4.80. The first-order chi connectivity index (χ1) is 3.86. The van der Waals surface area contributed by atoms with Gasteiger partial charge in [0.15, 0.2) is 0 Å². The standard InChI is InChI=1S/C6H10N2/c7-5-1-2-6-4-8(6)3-5/h1,6H,2-4,7H2. The Labute approximate surface area is 49.0 Å². The van der Waals surface area contributed by atoms with Crippen LogP contribution in [0.15, 0.2) is 11.8 Å². The Morgan fingerprint density at radius 3 is 3.25 bits per heavy atom. The predicted octanol–water partition coefficient (Wildman–Crippen LogP) is -0.0831. The molecule has 2 aliphatic heterocycles. The molecule has 2 rings (SSSR count). The molecule has 0 spiro atoms. The maximum atomic E-state index is 5.57. The third-order valence-electron chi connectivity index (χ3n) is 1.87. The van der Waals surface area contributed by atoms with Crippen molar-refractivity contribution in [3.8, 4) is 0 Å². The van der Waals surface area contributed by atoms with Gasteiger partial charge in [-0.2, -0.15) is 0 Å². The molecule has 0 amide bonds.